The maximum absolute atomic E-state index is 12.0. The van der Waals surface area contributed by atoms with E-state index in [2.05, 4.69) is 10.3 Å². The van der Waals surface area contributed by atoms with E-state index in [1.54, 1.807) is 19.4 Å². The van der Waals surface area contributed by atoms with Gasteiger partial charge >= 0.3 is 0 Å². The van der Waals surface area contributed by atoms with Crippen LogP contribution in [0.1, 0.15) is 27.9 Å². The Hall–Kier alpha value is -1.72. The maximum Gasteiger partial charge on any atom is 0.263 e. The van der Waals surface area contributed by atoms with Crippen LogP contribution in [-0.2, 0) is 5.60 Å². The van der Waals surface area contributed by atoms with Crippen LogP contribution >= 0.6 is 11.3 Å². The fraction of sp³-hybridized carbons (Fsp3) is 0.286. The summed E-state index contributed by atoms with van der Waals surface area (Å²) in [5.74, 6) is -0.198. The van der Waals surface area contributed by atoms with Crippen molar-refractivity contribution in [1.82, 2.24) is 10.3 Å². The summed E-state index contributed by atoms with van der Waals surface area (Å²) in [7, 11) is 0. The lowest BCUT2D eigenvalue weighted by Crippen LogP contribution is -2.38. The number of carbonyl (C=O) groups excluding carboxylic acids is 1. The molecule has 2 N–H and O–H groups in total. The largest absolute Gasteiger partial charge is 0.384 e. The summed E-state index contributed by atoms with van der Waals surface area (Å²) in [6.07, 6.45) is 0. The van der Waals surface area contributed by atoms with Gasteiger partial charge in [-0.25, -0.2) is 4.98 Å². The molecular weight excluding hydrogens is 260 g/mol. The Morgan fingerprint density at radius 2 is 2.11 bits per heavy atom. The molecule has 1 unspecified atom stereocenters. The number of benzene rings is 1. The van der Waals surface area contributed by atoms with Crippen molar-refractivity contribution < 1.29 is 9.90 Å². The molecule has 0 aliphatic carbocycles. The Morgan fingerprint density at radius 3 is 2.68 bits per heavy atom. The average molecular weight is 276 g/mol. The van der Waals surface area contributed by atoms with Crippen molar-refractivity contribution in [3.05, 3.63) is 52.0 Å². The molecule has 0 saturated carbocycles. The molecule has 0 bridgehead atoms. The third-order valence-corrected chi connectivity index (χ3v) is 3.87. The zero-order valence-corrected chi connectivity index (χ0v) is 11.7. The molecule has 0 fully saturated rings. The Bertz CT molecular complexity index is 564. The van der Waals surface area contributed by atoms with Crippen molar-refractivity contribution in [3.63, 3.8) is 0 Å². The molecule has 2 aromatic rings. The molecule has 5 heteroatoms. The second kappa shape index (κ2) is 5.50. The summed E-state index contributed by atoms with van der Waals surface area (Å²) in [5.41, 5.74) is 2.04. The number of aryl methyl sites for hydroxylation is 1. The molecule has 0 aliphatic heterocycles. The van der Waals surface area contributed by atoms with Crippen molar-refractivity contribution in [3.8, 4) is 0 Å². The Kier molecular flexibility index (Phi) is 3.97. The van der Waals surface area contributed by atoms with Gasteiger partial charge in [0.05, 0.1) is 17.7 Å². The molecule has 1 aromatic carbocycles. The number of nitrogens with one attached hydrogen (secondary N) is 1. The molecule has 0 radical (unpaired) electrons. The topological polar surface area (TPSA) is 62.2 Å². The first-order valence-corrected chi connectivity index (χ1v) is 6.85. The highest BCUT2D eigenvalue weighted by atomic mass is 32.1. The van der Waals surface area contributed by atoms with E-state index in [1.807, 2.05) is 30.3 Å². The predicted octanol–water partition coefficient (Wildman–Crippen LogP) is 2.09. The molecule has 1 amide bonds. The van der Waals surface area contributed by atoms with Gasteiger partial charge in [-0.2, -0.15) is 0 Å². The zero-order chi connectivity index (χ0) is 13.9. The normalized spacial score (nSPS) is 13.8. The monoisotopic (exact) mass is 276 g/mol. The second-order valence-corrected chi connectivity index (χ2v) is 5.44. The Labute approximate surface area is 116 Å². The van der Waals surface area contributed by atoms with Gasteiger partial charge in [0.15, 0.2) is 0 Å². The molecule has 0 spiro atoms. The summed E-state index contributed by atoms with van der Waals surface area (Å²) in [4.78, 5) is 16.6. The van der Waals surface area contributed by atoms with Crippen LogP contribution in [0.3, 0.4) is 0 Å². The Balaban J connectivity index is 2.03. The summed E-state index contributed by atoms with van der Waals surface area (Å²) in [6.45, 7) is 3.64. The van der Waals surface area contributed by atoms with E-state index in [4.69, 9.17) is 0 Å². The van der Waals surface area contributed by atoms with Crippen LogP contribution in [0.5, 0.6) is 0 Å². The minimum Gasteiger partial charge on any atom is -0.384 e. The third kappa shape index (κ3) is 3.19. The van der Waals surface area contributed by atoms with Crippen molar-refractivity contribution in [2.24, 2.45) is 0 Å². The number of hydrogen-bond acceptors (Lipinski definition) is 4. The van der Waals surface area contributed by atoms with Crippen LogP contribution in [0.15, 0.2) is 35.8 Å². The fourth-order valence-corrected chi connectivity index (χ4v) is 2.47. The number of nitrogens with zero attached hydrogens (tertiary/aromatic N) is 1. The molecule has 1 atom stereocenters. The van der Waals surface area contributed by atoms with Crippen molar-refractivity contribution in [1.29, 1.82) is 0 Å². The smallest absolute Gasteiger partial charge is 0.263 e. The van der Waals surface area contributed by atoms with E-state index in [1.165, 1.54) is 11.3 Å². The van der Waals surface area contributed by atoms with E-state index in [0.717, 1.165) is 5.56 Å². The number of hydrogen-bond donors (Lipinski definition) is 2. The van der Waals surface area contributed by atoms with E-state index >= 15 is 0 Å². The van der Waals surface area contributed by atoms with Gasteiger partial charge in [0.2, 0.25) is 0 Å². The summed E-state index contributed by atoms with van der Waals surface area (Å²) < 4.78 is 0. The lowest BCUT2D eigenvalue weighted by molar-refractivity contribution is 0.0527. The molecule has 0 saturated heterocycles. The number of rotatable bonds is 4. The molecule has 1 aromatic heterocycles. The van der Waals surface area contributed by atoms with Crippen LogP contribution in [0.25, 0.3) is 0 Å². The minimum atomic E-state index is -1.09. The zero-order valence-electron chi connectivity index (χ0n) is 10.9. The molecule has 100 valence electrons. The average Bonchev–Trinajstić information content (AvgIpc) is 2.83. The minimum absolute atomic E-state index is 0.160. The van der Waals surface area contributed by atoms with Crippen LogP contribution < -0.4 is 5.32 Å². The standard InChI is InChI=1S/C14H16N2O2S/c1-10-12(19-9-16-10)13(17)15-8-14(2,18)11-6-4-3-5-7-11/h3-7,9,18H,8H2,1-2H3,(H,15,17). The number of carbonyl (C=O) groups is 1. The molecule has 4 nitrogen and oxygen atoms in total. The lowest BCUT2D eigenvalue weighted by atomic mass is 9.96. The number of aromatic nitrogens is 1. The van der Waals surface area contributed by atoms with Gasteiger partial charge in [-0.3, -0.25) is 4.79 Å². The molecule has 1 heterocycles. The first-order valence-electron chi connectivity index (χ1n) is 5.97. The first kappa shape index (κ1) is 13.7. The van der Waals surface area contributed by atoms with Gasteiger partial charge in [-0.05, 0) is 19.4 Å². The first-order chi connectivity index (χ1) is 9.00. The lowest BCUT2D eigenvalue weighted by Gasteiger charge is -2.24. The molecule has 2 rings (SSSR count). The third-order valence-electron chi connectivity index (χ3n) is 2.94. The maximum atomic E-state index is 12.0. The quantitative estimate of drug-likeness (QED) is 0.899. The van der Waals surface area contributed by atoms with Gasteiger partial charge in [0.1, 0.15) is 10.5 Å². The van der Waals surface area contributed by atoms with Gasteiger partial charge in [-0.15, -0.1) is 11.3 Å². The van der Waals surface area contributed by atoms with Gasteiger partial charge in [-0.1, -0.05) is 30.3 Å². The highest BCUT2D eigenvalue weighted by Crippen LogP contribution is 2.19. The van der Waals surface area contributed by atoms with Gasteiger partial charge in [0.25, 0.3) is 5.91 Å². The molecule has 19 heavy (non-hydrogen) atoms. The molecular formula is C14H16N2O2S. The van der Waals surface area contributed by atoms with Crippen LogP contribution in [0.4, 0.5) is 0 Å². The van der Waals surface area contributed by atoms with E-state index in [9.17, 15) is 9.90 Å². The van der Waals surface area contributed by atoms with E-state index in [0.29, 0.717) is 10.6 Å². The Morgan fingerprint density at radius 1 is 1.42 bits per heavy atom. The van der Waals surface area contributed by atoms with Gasteiger partial charge in [0, 0.05) is 0 Å². The fourth-order valence-electron chi connectivity index (χ4n) is 1.75. The van der Waals surface area contributed by atoms with E-state index < -0.39 is 5.60 Å². The SMILES string of the molecule is Cc1ncsc1C(=O)NCC(C)(O)c1ccccc1. The highest BCUT2D eigenvalue weighted by molar-refractivity contribution is 7.11. The second-order valence-electron chi connectivity index (χ2n) is 4.59. The summed E-state index contributed by atoms with van der Waals surface area (Å²) in [6, 6.07) is 9.28. The predicted molar refractivity (Wildman–Crippen MR) is 75.2 cm³/mol. The molecule has 0 aliphatic rings. The summed E-state index contributed by atoms with van der Waals surface area (Å²) >= 11 is 1.30. The number of thiazole rings is 1. The van der Waals surface area contributed by atoms with Crippen LogP contribution in [0.2, 0.25) is 0 Å². The van der Waals surface area contributed by atoms with Crippen LogP contribution in [-0.4, -0.2) is 22.5 Å². The highest BCUT2D eigenvalue weighted by Gasteiger charge is 2.24. The van der Waals surface area contributed by atoms with E-state index in [-0.39, 0.29) is 12.5 Å². The van der Waals surface area contributed by atoms with Gasteiger partial charge < -0.3 is 10.4 Å². The summed E-state index contributed by atoms with van der Waals surface area (Å²) in [5, 5.41) is 13.1. The number of aliphatic hydroxyl groups is 1. The van der Waals surface area contributed by atoms with Crippen molar-refractivity contribution in [2.75, 3.05) is 6.54 Å². The van der Waals surface area contributed by atoms with Crippen molar-refractivity contribution >= 4 is 17.2 Å². The number of amides is 1. The van der Waals surface area contributed by atoms with Crippen molar-refractivity contribution in [2.45, 2.75) is 19.4 Å². The van der Waals surface area contributed by atoms with Crippen LogP contribution in [0, 0.1) is 6.92 Å².